The first-order chi connectivity index (χ1) is 9.72. The highest BCUT2D eigenvalue weighted by Gasteiger charge is 2.14. The van der Waals surface area contributed by atoms with E-state index in [-0.39, 0.29) is 18.6 Å². The predicted octanol–water partition coefficient (Wildman–Crippen LogP) is 2.23. The molecule has 1 aromatic heterocycles. The molecule has 0 bridgehead atoms. The molecule has 4 nitrogen and oxygen atoms in total. The first-order valence-electron chi connectivity index (χ1n) is 6.63. The molecular formula is C15H18N2O2S. The zero-order valence-electron chi connectivity index (χ0n) is 11.4. The number of aromatic nitrogens is 1. The van der Waals surface area contributed by atoms with Gasteiger partial charge in [-0.2, -0.15) is 0 Å². The van der Waals surface area contributed by atoms with Gasteiger partial charge in [-0.3, -0.25) is 4.79 Å². The Labute approximate surface area is 122 Å². The van der Waals surface area contributed by atoms with E-state index in [1.165, 1.54) is 16.9 Å². The first-order valence-corrected chi connectivity index (χ1v) is 7.51. The normalized spacial score (nSPS) is 12.1. The van der Waals surface area contributed by atoms with Crippen molar-refractivity contribution >= 4 is 17.2 Å². The Balaban J connectivity index is 2.00. The molecule has 1 atom stereocenters. The number of nitrogens with one attached hydrogen (secondary N) is 1. The number of thiazole rings is 1. The van der Waals surface area contributed by atoms with E-state index >= 15 is 0 Å². The molecule has 0 aliphatic heterocycles. The van der Waals surface area contributed by atoms with E-state index in [1.54, 1.807) is 5.38 Å². The highest BCUT2D eigenvalue weighted by Crippen LogP contribution is 2.14. The molecule has 1 aromatic carbocycles. The largest absolute Gasteiger partial charge is 0.394 e. The number of carbonyl (C=O) groups is 1. The Morgan fingerprint density at radius 2 is 2.15 bits per heavy atom. The van der Waals surface area contributed by atoms with Gasteiger partial charge >= 0.3 is 0 Å². The van der Waals surface area contributed by atoms with Crippen molar-refractivity contribution in [3.63, 3.8) is 0 Å². The van der Waals surface area contributed by atoms with E-state index in [4.69, 9.17) is 5.11 Å². The first kappa shape index (κ1) is 14.7. The van der Waals surface area contributed by atoms with Crippen LogP contribution in [-0.2, 0) is 6.42 Å². The summed E-state index contributed by atoms with van der Waals surface area (Å²) in [5, 5.41) is 14.5. The van der Waals surface area contributed by atoms with Crippen LogP contribution in [0.25, 0.3) is 0 Å². The van der Waals surface area contributed by atoms with Crippen LogP contribution >= 0.6 is 11.3 Å². The van der Waals surface area contributed by atoms with Gasteiger partial charge in [0.1, 0.15) is 5.69 Å². The Morgan fingerprint density at radius 3 is 2.80 bits per heavy atom. The minimum absolute atomic E-state index is 0.0523. The third-order valence-electron chi connectivity index (χ3n) is 3.03. The molecule has 2 aromatic rings. The van der Waals surface area contributed by atoms with Gasteiger partial charge in [0, 0.05) is 11.8 Å². The molecular weight excluding hydrogens is 272 g/mol. The fourth-order valence-electron chi connectivity index (χ4n) is 1.80. The lowest BCUT2D eigenvalue weighted by molar-refractivity contribution is 0.0910. The van der Waals surface area contributed by atoms with Crippen LogP contribution in [0.2, 0.25) is 0 Å². The molecule has 0 aliphatic carbocycles. The van der Waals surface area contributed by atoms with Crippen LogP contribution in [0.5, 0.6) is 0 Å². The molecule has 2 rings (SSSR count). The van der Waals surface area contributed by atoms with Crippen LogP contribution in [0.3, 0.4) is 0 Å². The van der Waals surface area contributed by atoms with Crippen LogP contribution in [-0.4, -0.2) is 28.6 Å². The molecule has 0 saturated carbocycles. The lowest BCUT2D eigenvalue weighted by Crippen LogP contribution is -2.37. The molecule has 0 spiro atoms. The van der Waals surface area contributed by atoms with E-state index in [1.807, 2.05) is 37.3 Å². The van der Waals surface area contributed by atoms with Crippen molar-refractivity contribution in [2.24, 2.45) is 0 Å². The molecule has 20 heavy (non-hydrogen) atoms. The summed E-state index contributed by atoms with van der Waals surface area (Å²) in [5.41, 5.74) is 1.60. The van der Waals surface area contributed by atoms with Crippen molar-refractivity contribution in [2.75, 3.05) is 6.61 Å². The van der Waals surface area contributed by atoms with Gasteiger partial charge in [-0.25, -0.2) is 4.98 Å². The number of hydrogen-bond acceptors (Lipinski definition) is 4. The van der Waals surface area contributed by atoms with E-state index in [0.717, 1.165) is 11.4 Å². The average Bonchev–Trinajstić information content (AvgIpc) is 2.94. The topological polar surface area (TPSA) is 62.2 Å². The molecule has 0 aliphatic rings. The lowest BCUT2D eigenvalue weighted by atomic mass is 10.2. The summed E-state index contributed by atoms with van der Waals surface area (Å²) in [5.74, 6) is -0.221. The highest BCUT2D eigenvalue weighted by molar-refractivity contribution is 7.09. The SMILES string of the molecule is CCC(CO)NC(=O)c1csc(Cc2ccccc2)n1. The third-order valence-corrected chi connectivity index (χ3v) is 3.88. The lowest BCUT2D eigenvalue weighted by Gasteiger charge is -2.12. The Kier molecular flexibility index (Phi) is 5.26. The van der Waals surface area contributed by atoms with E-state index < -0.39 is 0 Å². The summed E-state index contributed by atoms with van der Waals surface area (Å²) in [6.07, 6.45) is 1.43. The third kappa shape index (κ3) is 3.88. The number of aliphatic hydroxyl groups excluding tert-OH is 1. The van der Waals surface area contributed by atoms with Crippen LogP contribution in [0, 0.1) is 0 Å². The highest BCUT2D eigenvalue weighted by atomic mass is 32.1. The number of amides is 1. The van der Waals surface area contributed by atoms with Crippen LogP contribution < -0.4 is 5.32 Å². The minimum atomic E-state index is -0.221. The molecule has 1 amide bonds. The van der Waals surface area contributed by atoms with Gasteiger partial charge < -0.3 is 10.4 Å². The molecule has 1 heterocycles. The van der Waals surface area contributed by atoms with E-state index in [9.17, 15) is 4.79 Å². The van der Waals surface area contributed by atoms with Crippen molar-refractivity contribution in [1.82, 2.24) is 10.3 Å². The second-order valence-electron chi connectivity index (χ2n) is 4.55. The Hall–Kier alpha value is -1.72. The monoisotopic (exact) mass is 290 g/mol. The number of rotatable bonds is 6. The molecule has 0 saturated heterocycles. The summed E-state index contributed by atoms with van der Waals surface area (Å²) in [6.45, 7) is 1.87. The fraction of sp³-hybridized carbons (Fsp3) is 0.333. The van der Waals surface area contributed by atoms with E-state index in [0.29, 0.717) is 12.1 Å². The van der Waals surface area contributed by atoms with E-state index in [2.05, 4.69) is 10.3 Å². The van der Waals surface area contributed by atoms with Gasteiger partial charge in [0.2, 0.25) is 0 Å². The van der Waals surface area contributed by atoms with Gasteiger partial charge in [0.25, 0.3) is 5.91 Å². The second-order valence-corrected chi connectivity index (χ2v) is 5.49. The molecule has 0 radical (unpaired) electrons. The van der Waals surface area contributed by atoms with Crippen molar-refractivity contribution in [2.45, 2.75) is 25.8 Å². The zero-order chi connectivity index (χ0) is 14.4. The summed E-state index contributed by atoms with van der Waals surface area (Å²) in [4.78, 5) is 16.3. The minimum Gasteiger partial charge on any atom is -0.394 e. The molecule has 1 unspecified atom stereocenters. The van der Waals surface area contributed by atoms with Gasteiger partial charge in [-0.15, -0.1) is 11.3 Å². The second kappa shape index (κ2) is 7.17. The van der Waals surface area contributed by atoms with Crippen LogP contribution in [0.15, 0.2) is 35.7 Å². The summed E-state index contributed by atoms with van der Waals surface area (Å²) in [7, 11) is 0. The van der Waals surface area contributed by atoms with Gasteiger partial charge in [-0.1, -0.05) is 37.3 Å². The fourth-order valence-corrected chi connectivity index (χ4v) is 2.61. The number of nitrogens with zero attached hydrogens (tertiary/aromatic N) is 1. The maximum absolute atomic E-state index is 12.0. The molecule has 5 heteroatoms. The van der Waals surface area contributed by atoms with Crippen molar-refractivity contribution in [3.8, 4) is 0 Å². The Bertz CT molecular complexity index is 550. The predicted molar refractivity (Wildman–Crippen MR) is 80.0 cm³/mol. The standard InChI is InChI=1S/C15H18N2O2S/c1-2-12(9-18)16-15(19)13-10-20-14(17-13)8-11-6-4-3-5-7-11/h3-7,10,12,18H,2,8-9H2,1H3,(H,16,19). The number of aliphatic hydroxyl groups is 1. The number of hydrogen-bond donors (Lipinski definition) is 2. The van der Waals surface area contributed by atoms with Crippen LogP contribution in [0.1, 0.15) is 34.4 Å². The van der Waals surface area contributed by atoms with Gasteiger partial charge in [0.05, 0.1) is 17.7 Å². The summed E-state index contributed by atoms with van der Waals surface area (Å²) < 4.78 is 0. The van der Waals surface area contributed by atoms with Gasteiger partial charge in [0.15, 0.2) is 0 Å². The number of carbonyl (C=O) groups excluding carboxylic acids is 1. The molecule has 106 valence electrons. The summed E-state index contributed by atoms with van der Waals surface area (Å²) in [6, 6.07) is 9.83. The van der Waals surface area contributed by atoms with Crippen LogP contribution in [0.4, 0.5) is 0 Å². The molecule has 2 N–H and O–H groups in total. The zero-order valence-corrected chi connectivity index (χ0v) is 12.2. The van der Waals surface area contributed by atoms with Crippen molar-refractivity contribution in [3.05, 3.63) is 52.0 Å². The smallest absolute Gasteiger partial charge is 0.271 e. The maximum Gasteiger partial charge on any atom is 0.271 e. The average molecular weight is 290 g/mol. The summed E-state index contributed by atoms with van der Waals surface area (Å²) >= 11 is 1.48. The maximum atomic E-state index is 12.0. The van der Waals surface area contributed by atoms with Crippen molar-refractivity contribution in [1.29, 1.82) is 0 Å². The Morgan fingerprint density at radius 1 is 1.40 bits per heavy atom. The quantitative estimate of drug-likeness (QED) is 0.857. The van der Waals surface area contributed by atoms with Crippen molar-refractivity contribution < 1.29 is 9.90 Å². The van der Waals surface area contributed by atoms with Gasteiger partial charge in [-0.05, 0) is 12.0 Å². The number of benzene rings is 1. The molecule has 0 fully saturated rings.